The maximum atomic E-state index is 12.5. The molecule has 29 heavy (non-hydrogen) atoms. The summed E-state index contributed by atoms with van der Waals surface area (Å²) in [5.41, 5.74) is 3.95. The fourth-order valence-electron chi connectivity index (χ4n) is 4.28. The lowest BCUT2D eigenvalue weighted by atomic mass is 9.99. The second-order valence-electron chi connectivity index (χ2n) is 8.20. The zero-order chi connectivity index (χ0) is 19.8. The lowest BCUT2D eigenvalue weighted by Gasteiger charge is -2.16. The van der Waals surface area contributed by atoms with Crippen LogP contribution in [0.3, 0.4) is 0 Å². The molecule has 1 unspecified atom stereocenters. The molecule has 1 atom stereocenters. The lowest BCUT2D eigenvalue weighted by molar-refractivity contribution is -0.127. The summed E-state index contributed by atoms with van der Waals surface area (Å²) in [6, 6.07) is 10.7. The molecular formula is C23H25N3O2S. The van der Waals surface area contributed by atoms with Crippen molar-refractivity contribution in [3.05, 3.63) is 57.7 Å². The van der Waals surface area contributed by atoms with Crippen molar-refractivity contribution in [1.29, 1.82) is 0 Å². The van der Waals surface area contributed by atoms with Crippen LogP contribution in [-0.4, -0.2) is 34.0 Å². The fourth-order valence-corrected chi connectivity index (χ4v) is 5.45. The Kier molecular flexibility index (Phi) is 4.96. The van der Waals surface area contributed by atoms with E-state index in [1.54, 1.807) is 11.3 Å². The molecule has 6 heteroatoms. The summed E-state index contributed by atoms with van der Waals surface area (Å²) in [5.74, 6) is 1.47. The van der Waals surface area contributed by atoms with Crippen molar-refractivity contribution >= 4 is 17.2 Å². The van der Waals surface area contributed by atoms with Gasteiger partial charge < -0.3 is 9.42 Å². The van der Waals surface area contributed by atoms with Gasteiger partial charge in [-0.1, -0.05) is 35.0 Å². The Hall–Kier alpha value is -2.47. The van der Waals surface area contributed by atoms with Crippen LogP contribution in [-0.2, 0) is 24.1 Å². The number of hydrogen-bond donors (Lipinski definition) is 0. The standard InChI is InChI=1S/C23H25N3O2S/c1-15-6-8-16(9-7-15)10-11-26-14-18(13-21(26)27)22-24-23(28-25-22)20-12-17-4-2-3-5-19(17)29-20/h6-9,12,18H,2-5,10-11,13-14H2,1H3. The summed E-state index contributed by atoms with van der Waals surface area (Å²) in [7, 11) is 0. The van der Waals surface area contributed by atoms with Crippen LogP contribution in [0.5, 0.6) is 0 Å². The highest BCUT2D eigenvalue weighted by Crippen LogP contribution is 2.36. The van der Waals surface area contributed by atoms with Gasteiger partial charge in [0.2, 0.25) is 5.91 Å². The Balaban J connectivity index is 1.24. The van der Waals surface area contributed by atoms with Gasteiger partial charge in [0.25, 0.3) is 5.89 Å². The first-order valence-electron chi connectivity index (χ1n) is 10.4. The first kappa shape index (κ1) is 18.6. The van der Waals surface area contributed by atoms with Crippen LogP contribution in [0.4, 0.5) is 0 Å². The summed E-state index contributed by atoms with van der Waals surface area (Å²) >= 11 is 1.78. The van der Waals surface area contributed by atoms with E-state index in [4.69, 9.17) is 4.52 Å². The summed E-state index contributed by atoms with van der Waals surface area (Å²) in [5, 5.41) is 4.22. The van der Waals surface area contributed by atoms with Crippen LogP contribution in [0.15, 0.2) is 34.9 Å². The quantitative estimate of drug-likeness (QED) is 0.623. The molecule has 0 radical (unpaired) electrons. The highest BCUT2D eigenvalue weighted by Gasteiger charge is 2.33. The van der Waals surface area contributed by atoms with Crippen molar-refractivity contribution in [2.45, 2.75) is 51.4 Å². The summed E-state index contributed by atoms with van der Waals surface area (Å²) in [4.78, 5) is 21.6. The Morgan fingerprint density at radius 1 is 1.21 bits per heavy atom. The molecule has 1 fully saturated rings. The molecule has 3 heterocycles. The number of likely N-dealkylation sites (tertiary alicyclic amines) is 1. The van der Waals surface area contributed by atoms with Crippen LogP contribution in [0.1, 0.15) is 52.6 Å². The summed E-state index contributed by atoms with van der Waals surface area (Å²) in [6.07, 6.45) is 6.18. The third kappa shape index (κ3) is 3.86. The van der Waals surface area contributed by atoms with Crippen molar-refractivity contribution in [3.8, 4) is 10.8 Å². The maximum Gasteiger partial charge on any atom is 0.268 e. The molecule has 0 N–H and O–H groups in total. The van der Waals surface area contributed by atoms with Gasteiger partial charge in [-0.15, -0.1) is 11.3 Å². The number of rotatable bonds is 5. The number of carbonyl (C=O) groups is 1. The van der Waals surface area contributed by atoms with E-state index in [-0.39, 0.29) is 11.8 Å². The average Bonchev–Trinajstić information content (AvgIpc) is 3.45. The van der Waals surface area contributed by atoms with Gasteiger partial charge in [-0.25, -0.2) is 0 Å². The van der Waals surface area contributed by atoms with E-state index in [1.807, 2.05) is 4.90 Å². The molecule has 1 aliphatic heterocycles. The SMILES string of the molecule is Cc1ccc(CCN2CC(c3noc(-c4cc5c(s4)CCCC5)n3)CC2=O)cc1. The van der Waals surface area contributed by atoms with Gasteiger partial charge in [0.05, 0.1) is 4.88 Å². The second kappa shape index (κ2) is 7.75. The minimum atomic E-state index is 0.0209. The van der Waals surface area contributed by atoms with Gasteiger partial charge in [-0.2, -0.15) is 4.98 Å². The number of fused-ring (bicyclic) bond motifs is 1. The van der Waals surface area contributed by atoms with E-state index in [2.05, 4.69) is 47.4 Å². The van der Waals surface area contributed by atoms with Crippen molar-refractivity contribution in [2.24, 2.45) is 0 Å². The average molecular weight is 408 g/mol. The number of aromatic nitrogens is 2. The number of nitrogens with zero attached hydrogens (tertiary/aromatic N) is 3. The van der Waals surface area contributed by atoms with Gasteiger partial charge >= 0.3 is 0 Å². The van der Waals surface area contributed by atoms with E-state index < -0.39 is 0 Å². The highest BCUT2D eigenvalue weighted by molar-refractivity contribution is 7.15. The number of hydrogen-bond acceptors (Lipinski definition) is 5. The van der Waals surface area contributed by atoms with Crippen LogP contribution >= 0.6 is 11.3 Å². The molecule has 0 bridgehead atoms. The first-order valence-corrected chi connectivity index (χ1v) is 11.3. The van der Waals surface area contributed by atoms with Crippen molar-refractivity contribution in [3.63, 3.8) is 0 Å². The number of benzene rings is 1. The molecule has 5 nitrogen and oxygen atoms in total. The molecule has 3 aromatic rings. The molecule has 5 rings (SSSR count). The fraction of sp³-hybridized carbons (Fsp3) is 0.435. The normalized spacial score (nSPS) is 19.0. The number of amides is 1. The van der Waals surface area contributed by atoms with Crippen LogP contribution in [0, 0.1) is 6.92 Å². The third-order valence-electron chi connectivity index (χ3n) is 6.02. The Labute approximate surface area is 174 Å². The Morgan fingerprint density at radius 2 is 2.03 bits per heavy atom. The number of aryl methyl sites for hydroxylation is 3. The van der Waals surface area contributed by atoms with Gasteiger partial charge in [-0.05, 0) is 56.2 Å². The molecule has 1 aliphatic carbocycles. The number of carbonyl (C=O) groups excluding carboxylic acids is 1. The maximum absolute atomic E-state index is 12.5. The minimum absolute atomic E-state index is 0.0209. The molecule has 0 saturated carbocycles. The molecular weight excluding hydrogens is 382 g/mol. The van der Waals surface area contributed by atoms with Crippen LogP contribution < -0.4 is 0 Å². The van der Waals surface area contributed by atoms with Gasteiger partial charge in [0, 0.05) is 30.3 Å². The molecule has 1 aromatic carbocycles. The van der Waals surface area contributed by atoms with Gasteiger partial charge in [-0.3, -0.25) is 4.79 Å². The number of thiophene rings is 1. The van der Waals surface area contributed by atoms with Gasteiger partial charge in [0.15, 0.2) is 5.82 Å². The molecule has 2 aromatic heterocycles. The van der Waals surface area contributed by atoms with Gasteiger partial charge in [0.1, 0.15) is 0 Å². The molecule has 1 saturated heterocycles. The van der Waals surface area contributed by atoms with Crippen LogP contribution in [0.2, 0.25) is 0 Å². The molecule has 1 amide bonds. The third-order valence-corrected chi connectivity index (χ3v) is 7.24. The smallest absolute Gasteiger partial charge is 0.268 e. The van der Waals surface area contributed by atoms with E-state index in [9.17, 15) is 4.79 Å². The minimum Gasteiger partial charge on any atom is -0.342 e. The van der Waals surface area contributed by atoms with Crippen molar-refractivity contribution in [2.75, 3.05) is 13.1 Å². The lowest BCUT2D eigenvalue weighted by Crippen LogP contribution is -2.27. The van der Waals surface area contributed by atoms with E-state index in [0.29, 0.717) is 24.7 Å². The monoisotopic (exact) mass is 407 g/mol. The Morgan fingerprint density at radius 3 is 2.86 bits per heavy atom. The topological polar surface area (TPSA) is 59.2 Å². The predicted molar refractivity (Wildman–Crippen MR) is 113 cm³/mol. The highest BCUT2D eigenvalue weighted by atomic mass is 32.1. The first-order chi connectivity index (χ1) is 14.2. The molecule has 0 spiro atoms. The second-order valence-corrected chi connectivity index (χ2v) is 9.34. The zero-order valence-corrected chi connectivity index (χ0v) is 17.5. The molecule has 2 aliphatic rings. The summed E-state index contributed by atoms with van der Waals surface area (Å²) in [6.45, 7) is 3.49. The van der Waals surface area contributed by atoms with Crippen molar-refractivity contribution in [1.82, 2.24) is 15.0 Å². The summed E-state index contributed by atoms with van der Waals surface area (Å²) < 4.78 is 5.57. The van der Waals surface area contributed by atoms with E-state index in [1.165, 1.54) is 34.4 Å². The Bertz CT molecular complexity index is 998. The van der Waals surface area contributed by atoms with E-state index in [0.717, 1.165) is 30.7 Å². The van der Waals surface area contributed by atoms with Crippen LogP contribution in [0.25, 0.3) is 10.8 Å². The largest absolute Gasteiger partial charge is 0.342 e. The van der Waals surface area contributed by atoms with E-state index >= 15 is 0 Å². The molecule has 150 valence electrons. The zero-order valence-electron chi connectivity index (χ0n) is 16.7. The predicted octanol–water partition coefficient (Wildman–Crippen LogP) is 4.54. The van der Waals surface area contributed by atoms with Crippen molar-refractivity contribution < 1.29 is 9.32 Å².